The third kappa shape index (κ3) is 9.73. The Morgan fingerprint density at radius 2 is 1.60 bits per heavy atom. The second kappa shape index (κ2) is 19.2. The fraction of sp³-hybridized carbons (Fsp3) is 0.250. The summed E-state index contributed by atoms with van der Waals surface area (Å²) in [7, 11) is -1.62. The molecule has 1 fully saturated rings. The maximum absolute atomic E-state index is 13.6. The van der Waals surface area contributed by atoms with Gasteiger partial charge in [-0.15, -0.1) is 10.2 Å². The van der Waals surface area contributed by atoms with Crippen molar-refractivity contribution in [2.45, 2.75) is 51.6 Å². The van der Waals surface area contributed by atoms with E-state index in [0.29, 0.717) is 70.9 Å². The Bertz CT molecular complexity index is 2680. The van der Waals surface area contributed by atoms with E-state index in [4.69, 9.17) is 21.3 Å². The zero-order chi connectivity index (χ0) is 44.0. The average Bonchev–Trinajstić information content (AvgIpc) is 3.63. The van der Waals surface area contributed by atoms with E-state index in [1.807, 2.05) is 90.0 Å². The van der Waals surface area contributed by atoms with E-state index in [0.717, 1.165) is 46.3 Å². The highest BCUT2D eigenvalue weighted by molar-refractivity contribution is 6.60. The van der Waals surface area contributed by atoms with Gasteiger partial charge in [-0.05, 0) is 103 Å². The summed E-state index contributed by atoms with van der Waals surface area (Å²) >= 11 is 6.26. The number of fused-ring (bicyclic) bond motifs is 3. The Morgan fingerprint density at radius 3 is 2.38 bits per heavy atom. The number of hydrogen-bond donors (Lipinski definition) is 4. The van der Waals surface area contributed by atoms with Crippen molar-refractivity contribution in [1.29, 1.82) is 0 Å². The molecule has 0 unspecified atom stereocenters. The van der Waals surface area contributed by atoms with Crippen molar-refractivity contribution >= 4 is 47.6 Å². The first-order valence-electron chi connectivity index (χ1n) is 21.1. The lowest BCUT2D eigenvalue weighted by molar-refractivity contribution is -0.123. The van der Waals surface area contributed by atoms with Gasteiger partial charge in [0.25, 0.3) is 11.8 Å². The van der Waals surface area contributed by atoms with Crippen molar-refractivity contribution in [1.82, 2.24) is 30.3 Å². The normalized spacial score (nSPS) is 14.8. The average molecular weight is 864 g/mol. The number of aryl methyl sites for hydroxylation is 1. The number of aromatic nitrogens is 3. The zero-order valence-corrected chi connectivity index (χ0v) is 35.8. The smallest absolute Gasteiger partial charge is 0.484 e. The maximum Gasteiger partial charge on any atom is 0.489 e. The standard InChI is InChI=1S/C48H47BClN7O6/c1-3-51-44(58)27-42-47-55-54-30(2)57(47)43-19-18-38(26-40(43)46(53-42)33-14-16-37(50)17-15-33)63-29-45(59)52-28-31-8-6-9-34(24-31)32-20-22-56(23-21-32)48(60)36-11-7-10-35(25-36)39-12-4-5-13-41(39)49(61)62/h4-19,24-26,32,42,61-62H,3,20-23,27-29H2,1-2H3,(H,51,58)(H,52,59)/t42-/m0/s1. The molecule has 4 N–H and O–H groups in total. The fourth-order valence-corrected chi connectivity index (χ4v) is 8.47. The van der Waals surface area contributed by atoms with Gasteiger partial charge in [0, 0.05) is 47.9 Å². The van der Waals surface area contributed by atoms with Gasteiger partial charge >= 0.3 is 7.12 Å². The number of piperidine rings is 1. The summed E-state index contributed by atoms with van der Waals surface area (Å²) in [6, 6.07) is 34.8. The molecule has 13 nitrogen and oxygen atoms in total. The quantitative estimate of drug-likeness (QED) is 0.107. The number of ether oxygens (including phenoxy) is 1. The molecule has 5 aromatic carbocycles. The largest absolute Gasteiger partial charge is 0.489 e. The van der Waals surface area contributed by atoms with Gasteiger partial charge in [-0.2, -0.15) is 0 Å². The second-order valence-electron chi connectivity index (χ2n) is 15.7. The van der Waals surface area contributed by atoms with E-state index in [1.165, 1.54) is 0 Å². The topological polar surface area (TPSA) is 171 Å². The summed E-state index contributed by atoms with van der Waals surface area (Å²) in [5, 5.41) is 34.9. The van der Waals surface area contributed by atoms with Crippen LogP contribution in [-0.4, -0.2) is 86.5 Å². The minimum absolute atomic E-state index is 0.0568. The van der Waals surface area contributed by atoms with E-state index in [2.05, 4.69) is 33.0 Å². The highest BCUT2D eigenvalue weighted by Gasteiger charge is 2.31. The molecule has 15 heteroatoms. The molecule has 0 saturated carbocycles. The van der Waals surface area contributed by atoms with E-state index >= 15 is 0 Å². The van der Waals surface area contributed by atoms with Crippen LogP contribution in [0.1, 0.15) is 82.4 Å². The number of nitrogens with one attached hydrogen (secondary N) is 2. The van der Waals surface area contributed by atoms with Crippen molar-refractivity contribution in [2.24, 2.45) is 4.99 Å². The number of nitrogens with zero attached hydrogens (tertiary/aromatic N) is 5. The molecule has 8 rings (SSSR count). The first-order chi connectivity index (χ1) is 30.6. The number of aliphatic imine (C=N–C) groups is 1. The van der Waals surface area contributed by atoms with Gasteiger partial charge in [0.1, 0.15) is 17.6 Å². The number of amides is 3. The lowest BCUT2D eigenvalue weighted by Crippen LogP contribution is -2.38. The molecule has 1 atom stereocenters. The lowest BCUT2D eigenvalue weighted by atomic mass is 9.75. The highest BCUT2D eigenvalue weighted by Crippen LogP contribution is 2.35. The van der Waals surface area contributed by atoms with Crippen LogP contribution in [0.2, 0.25) is 5.02 Å². The highest BCUT2D eigenvalue weighted by atomic mass is 35.5. The molecule has 1 saturated heterocycles. The minimum atomic E-state index is -1.62. The molecule has 3 heterocycles. The SMILES string of the molecule is CCNC(=O)C[C@@H]1N=C(c2ccc(Cl)cc2)c2cc(OCC(=O)NCc3cccc(C4CCN(C(=O)c5cccc(-c6ccccc6B(O)O)c5)CC4)c3)ccc2-n2c(C)nnc21. The summed E-state index contributed by atoms with van der Waals surface area (Å²) < 4.78 is 7.98. The Hall–Kier alpha value is -6.61. The van der Waals surface area contributed by atoms with E-state index in [1.54, 1.807) is 36.4 Å². The number of likely N-dealkylation sites (tertiary alicyclic amines) is 1. The van der Waals surface area contributed by atoms with Crippen LogP contribution in [-0.2, 0) is 16.1 Å². The number of halogens is 1. The van der Waals surface area contributed by atoms with E-state index < -0.39 is 13.2 Å². The fourth-order valence-electron chi connectivity index (χ4n) is 8.35. The van der Waals surface area contributed by atoms with E-state index in [9.17, 15) is 24.4 Å². The number of rotatable bonds is 13. The molecule has 3 amide bonds. The molecule has 2 aliphatic rings. The number of benzene rings is 5. The Morgan fingerprint density at radius 1 is 0.825 bits per heavy atom. The predicted octanol–water partition coefficient (Wildman–Crippen LogP) is 5.71. The molecule has 63 heavy (non-hydrogen) atoms. The van der Waals surface area contributed by atoms with Crippen LogP contribution in [0.3, 0.4) is 0 Å². The minimum Gasteiger partial charge on any atom is -0.484 e. The van der Waals surface area contributed by atoms with Crippen LogP contribution >= 0.6 is 11.6 Å². The first kappa shape index (κ1) is 43.1. The zero-order valence-electron chi connectivity index (χ0n) is 35.0. The van der Waals surface area contributed by atoms with Crippen LogP contribution in [0.15, 0.2) is 120 Å². The van der Waals surface area contributed by atoms with Gasteiger partial charge < -0.3 is 30.3 Å². The lowest BCUT2D eigenvalue weighted by Gasteiger charge is -2.32. The molecule has 320 valence electrons. The molecule has 1 aromatic heterocycles. The molecule has 0 spiro atoms. The third-order valence-electron chi connectivity index (χ3n) is 11.5. The predicted molar refractivity (Wildman–Crippen MR) is 243 cm³/mol. The maximum atomic E-state index is 13.6. The number of carbonyl (C=O) groups excluding carboxylic acids is 3. The van der Waals surface area contributed by atoms with Crippen LogP contribution in [0.5, 0.6) is 5.75 Å². The van der Waals surface area contributed by atoms with Gasteiger partial charge in [-0.25, -0.2) is 0 Å². The van der Waals surface area contributed by atoms with Gasteiger partial charge in [-0.3, -0.25) is 23.9 Å². The molecule has 0 radical (unpaired) electrons. The van der Waals surface area contributed by atoms with Gasteiger partial charge in [-0.1, -0.05) is 84.4 Å². The van der Waals surface area contributed by atoms with Gasteiger partial charge in [0.05, 0.1) is 17.8 Å². The van der Waals surface area contributed by atoms with Crippen molar-refractivity contribution in [3.05, 3.63) is 160 Å². The van der Waals surface area contributed by atoms with Crippen LogP contribution in [0.4, 0.5) is 0 Å². The molecule has 2 aliphatic heterocycles. The number of hydrogen-bond acceptors (Lipinski definition) is 9. The molecular weight excluding hydrogens is 817 g/mol. The number of carbonyl (C=O) groups is 3. The molecular formula is C48H47BClN7O6. The Labute approximate surface area is 371 Å². The summed E-state index contributed by atoms with van der Waals surface area (Å²) in [6.07, 6.45) is 1.68. The molecule has 0 aliphatic carbocycles. The Kier molecular flexibility index (Phi) is 13.1. The second-order valence-corrected chi connectivity index (χ2v) is 16.1. The summed E-state index contributed by atoms with van der Waals surface area (Å²) in [5.74, 6) is 1.42. The van der Waals surface area contributed by atoms with Crippen molar-refractivity contribution in [3.63, 3.8) is 0 Å². The van der Waals surface area contributed by atoms with Gasteiger partial charge in [0.15, 0.2) is 12.4 Å². The van der Waals surface area contributed by atoms with Crippen LogP contribution < -0.4 is 20.8 Å². The first-order valence-corrected chi connectivity index (χ1v) is 21.4. The van der Waals surface area contributed by atoms with E-state index in [-0.39, 0.29) is 36.7 Å². The van der Waals surface area contributed by atoms with Crippen molar-refractivity contribution < 1.29 is 29.2 Å². The summed E-state index contributed by atoms with van der Waals surface area (Å²) in [6.45, 7) is 5.52. The third-order valence-corrected chi connectivity index (χ3v) is 11.7. The van der Waals surface area contributed by atoms with Crippen molar-refractivity contribution in [2.75, 3.05) is 26.2 Å². The van der Waals surface area contributed by atoms with Crippen LogP contribution in [0, 0.1) is 6.92 Å². The van der Waals surface area contributed by atoms with Crippen molar-refractivity contribution in [3.8, 4) is 22.6 Å². The van der Waals surface area contributed by atoms with Crippen LogP contribution in [0.25, 0.3) is 16.8 Å². The summed E-state index contributed by atoms with van der Waals surface area (Å²) in [4.78, 5) is 46.6. The summed E-state index contributed by atoms with van der Waals surface area (Å²) in [5.41, 5.74) is 7.38. The monoisotopic (exact) mass is 863 g/mol. The van der Waals surface area contributed by atoms with Gasteiger partial charge in [0.2, 0.25) is 5.91 Å². The molecule has 6 aromatic rings. The molecule has 0 bridgehead atoms. The Balaban J connectivity index is 0.898.